The van der Waals surface area contributed by atoms with Crippen molar-refractivity contribution in [3.8, 4) is 17.0 Å². The Hall–Kier alpha value is -2.31. The Morgan fingerprint density at radius 2 is 2.16 bits per heavy atom. The molecule has 25 heavy (non-hydrogen) atoms. The first-order chi connectivity index (χ1) is 12.0. The molecule has 2 aromatic heterocycles. The van der Waals surface area contributed by atoms with Crippen molar-refractivity contribution in [3.05, 3.63) is 41.2 Å². The maximum atomic E-state index is 6.28. The van der Waals surface area contributed by atoms with Gasteiger partial charge in [0.05, 0.1) is 17.8 Å². The summed E-state index contributed by atoms with van der Waals surface area (Å²) in [4.78, 5) is 11.6. The summed E-state index contributed by atoms with van der Waals surface area (Å²) in [6.07, 6.45) is 4.95. The molecule has 3 aromatic rings. The Morgan fingerprint density at radius 3 is 2.88 bits per heavy atom. The van der Waals surface area contributed by atoms with Crippen LogP contribution in [0.15, 0.2) is 30.6 Å². The number of ether oxygens (including phenoxy) is 1. The van der Waals surface area contributed by atoms with E-state index in [1.54, 1.807) is 7.11 Å². The summed E-state index contributed by atoms with van der Waals surface area (Å²) < 4.78 is 7.19. The molecule has 1 aromatic carbocycles. The van der Waals surface area contributed by atoms with Gasteiger partial charge in [-0.3, -0.25) is 4.40 Å². The van der Waals surface area contributed by atoms with E-state index < -0.39 is 0 Å². The predicted octanol–water partition coefficient (Wildman–Crippen LogP) is 2.90. The third kappa shape index (κ3) is 2.92. The zero-order valence-electron chi connectivity index (χ0n) is 14.2. The molecular weight excluding hydrogens is 338 g/mol. The average molecular weight is 358 g/mol. The van der Waals surface area contributed by atoms with Gasteiger partial charge in [-0.1, -0.05) is 11.6 Å². The van der Waals surface area contributed by atoms with E-state index in [0.717, 1.165) is 42.1 Å². The number of aryl methyl sites for hydroxylation is 1. The quantitative estimate of drug-likeness (QED) is 0.780. The number of imidazole rings is 1. The van der Waals surface area contributed by atoms with E-state index in [4.69, 9.17) is 22.1 Å². The van der Waals surface area contributed by atoms with E-state index in [1.165, 1.54) is 0 Å². The fourth-order valence-corrected chi connectivity index (χ4v) is 3.49. The Balaban J connectivity index is 1.73. The van der Waals surface area contributed by atoms with Crippen molar-refractivity contribution in [3.63, 3.8) is 0 Å². The highest BCUT2D eigenvalue weighted by Gasteiger charge is 2.21. The average Bonchev–Trinajstić information content (AvgIpc) is 3.21. The SMILES string of the molecule is COc1cc(C)c(-c2cn3ccc(N4CCC(N)C4)nc3n2)cc1Cl. The number of anilines is 1. The second kappa shape index (κ2) is 6.20. The van der Waals surface area contributed by atoms with E-state index in [9.17, 15) is 0 Å². The van der Waals surface area contributed by atoms with Crippen LogP contribution in [-0.2, 0) is 0 Å². The van der Waals surface area contributed by atoms with Crippen LogP contribution in [0.5, 0.6) is 5.75 Å². The monoisotopic (exact) mass is 357 g/mol. The van der Waals surface area contributed by atoms with Gasteiger partial charge in [-0.25, -0.2) is 4.98 Å². The number of hydrogen-bond donors (Lipinski definition) is 1. The number of rotatable bonds is 3. The highest BCUT2D eigenvalue weighted by Crippen LogP contribution is 2.33. The fraction of sp³-hybridized carbons (Fsp3) is 0.333. The molecule has 1 fully saturated rings. The number of nitrogens with zero attached hydrogens (tertiary/aromatic N) is 4. The molecule has 6 nitrogen and oxygen atoms in total. The number of halogens is 1. The topological polar surface area (TPSA) is 68.7 Å². The summed E-state index contributed by atoms with van der Waals surface area (Å²) in [5.41, 5.74) is 8.86. The number of fused-ring (bicyclic) bond motifs is 1. The zero-order chi connectivity index (χ0) is 17.6. The van der Waals surface area contributed by atoms with Gasteiger partial charge in [-0.2, -0.15) is 4.98 Å². The minimum Gasteiger partial charge on any atom is -0.495 e. The van der Waals surface area contributed by atoms with Gasteiger partial charge in [0.2, 0.25) is 5.78 Å². The van der Waals surface area contributed by atoms with Gasteiger partial charge < -0.3 is 15.4 Å². The van der Waals surface area contributed by atoms with Crippen LogP contribution in [-0.4, -0.2) is 40.6 Å². The molecule has 1 aliphatic heterocycles. The van der Waals surface area contributed by atoms with E-state index in [2.05, 4.69) is 14.9 Å². The zero-order valence-corrected chi connectivity index (χ0v) is 15.0. The highest BCUT2D eigenvalue weighted by molar-refractivity contribution is 6.32. The van der Waals surface area contributed by atoms with Gasteiger partial charge >= 0.3 is 0 Å². The lowest BCUT2D eigenvalue weighted by Crippen LogP contribution is -2.26. The molecule has 1 aliphatic rings. The van der Waals surface area contributed by atoms with E-state index in [-0.39, 0.29) is 6.04 Å². The lowest BCUT2D eigenvalue weighted by Gasteiger charge is -2.16. The molecule has 0 bridgehead atoms. The molecule has 1 saturated heterocycles. The summed E-state index contributed by atoms with van der Waals surface area (Å²) in [5.74, 6) is 2.25. The Labute approximate surface area is 151 Å². The Kier molecular flexibility index (Phi) is 4.01. The number of hydrogen-bond acceptors (Lipinski definition) is 5. The molecule has 0 aliphatic carbocycles. The van der Waals surface area contributed by atoms with Crippen molar-refractivity contribution in [1.82, 2.24) is 14.4 Å². The largest absolute Gasteiger partial charge is 0.495 e. The van der Waals surface area contributed by atoms with Gasteiger partial charge in [-0.15, -0.1) is 0 Å². The molecule has 1 unspecified atom stereocenters. The van der Waals surface area contributed by atoms with Crippen LogP contribution in [0.4, 0.5) is 5.82 Å². The first kappa shape index (κ1) is 16.2. The molecule has 0 radical (unpaired) electrons. The Bertz CT molecular complexity index is 939. The maximum absolute atomic E-state index is 6.28. The molecule has 0 spiro atoms. The van der Waals surface area contributed by atoms with E-state index in [1.807, 2.05) is 41.9 Å². The molecule has 3 heterocycles. The molecular formula is C18H20ClN5O. The van der Waals surface area contributed by atoms with Gasteiger partial charge in [0.1, 0.15) is 11.6 Å². The van der Waals surface area contributed by atoms with Crippen molar-refractivity contribution in [2.45, 2.75) is 19.4 Å². The van der Waals surface area contributed by atoms with Crippen molar-refractivity contribution in [2.24, 2.45) is 5.73 Å². The molecule has 1 atom stereocenters. The minimum atomic E-state index is 0.220. The molecule has 0 amide bonds. The van der Waals surface area contributed by atoms with Gasteiger partial charge in [0.15, 0.2) is 0 Å². The molecule has 130 valence electrons. The predicted molar refractivity (Wildman–Crippen MR) is 99.5 cm³/mol. The summed E-state index contributed by atoms with van der Waals surface area (Å²) in [6.45, 7) is 3.79. The first-order valence-corrected chi connectivity index (χ1v) is 8.64. The second-order valence-electron chi connectivity index (χ2n) is 6.42. The van der Waals surface area contributed by atoms with Crippen molar-refractivity contribution in [2.75, 3.05) is 25.1 Å². The maximum Gasteiger partial charge on any atom is 0.236 e. The minimum absolute atomic E-state index is 0.220. The summed E-state index contributed by atoms with van der Waals surface area (Å²) >= 11 is 6.28. The Morgan fingerprint density at radius 1 is 1.32 bits per heavy atom. The van der Waals surface area contributed by atoms with Gasteiger partial charge in [-0.05, 0) is 37.1 Å². The van der Waals surface area contributed by atoms with E-state index >= 15 is 0 Å². The lowest BCUT2D eigenvalue weighted by molar-refractivity contribution is 0.415. The lowest BCUT2D eigenvalue weighted by atomic mass is 10.1. The standard InChI is InChI=1S/C18H20ClN5O/c1-11-7-16(25-2)14(19)8-13(11)15-10-24-6-4-17(22-18(24)21-15)23-5-3-12(20)9-23/h4,6-8,10,12H,3,5,9,20H2,1-2H3. The smallest absolute Gasteiger partial charge is 0.236 e. The first-order valence-electron chi connectivity index (χ1n) is 8.26. The van der Waals surface area contributed by atoms with Gasteiger partial charge in [0, 0.05) is 37.1 Å². The highest BCUT2D eigenvalue weighted by atomic mass is 35.5. The normalized spacial score (nSPS) is 17.4. The fourth-order valence-electron chi connectivity index (χ4n) is 3.25. The number of aromatic nitrogens is 3. The number of nitrogens with two attached hydrogens (primary N) is 1. The van der Waals surface area contributed by atoms with E-state index in [0.29, 0.717) is 16.5 Å². The molecule has 4 rings (SSSR count). The number of benzene rings is 1. The third-order valence-electron chi connectivity index (χ3n) is 4.63. The van der Waals surface area contributed by atoms with Crippen LogP contribution in [0, 0.1) is 6.92 Å². The number of methoxy groups -OCH3 is 1. The van der Waals surface area contributed by atoms with Gasteiger partial charge in [0.25, 0.3) is 0 Å². The van der Waals surface area contributed by atoms with Crippen LogP contribution in [0.3, 0.4) is 0 Å². The molecule has 2 N–H and O–H groups in total. The van der Waals surface area contributed by atoms with Crippen LogP contribution in [0.1, 0.15) is 12.0 Å². The molecule has 7 heteroatoms. The van der Waals surface area contributed by atoms with Crippen molar-refractivity contribution in [1.29, 1.82) is 0 Å². The summed E-state index contributed by atoms with van der Waals surface area (Å²) in [5, 5.41) is 0.569. The molecule has 0 saturated carbocycles. The second-order valence-corrected chi connectivity index (χ2v) is 6.82. The third-order valence-corrected chi connectivity index (χ3v) is 4.93. The summed E-state index contributed by atoms with van der Waals surface area (Å²) in [7, 11) is 1.61. The van der Waals surface area contributed by atoms with Crippen molar-refractivity contribution < 1.29 is 4.74 Å². The van der Waals surface area contributed by atoms with Crippen molar-refractivity contribution >= 4 is 23.2 Å². The van der Waals surface area contributed by atoms with Crippen LogP contribution >= 0.6 is 11.6 Å². The van der Waals surface area contributed by atoms with Crippen LogP contribution in [0.2, 0.25) is 5.02 Å². The van der Waals surface area contributed by atoms with Crippen LogP contribution < -0.4 is 15.4 Å². The summed E-state index contributed by atoms with van der Waals surface area (Å²) in [6, 6.07) is 6.03. The van der Waals surface area contributed by atoms with Crippen LogP contribution in [0.25, 0.3) is 17.0 Å².